The highest BCUT2D eigenvalue weighted by Crippen LogP contribution is 2.43. The third-order valence-corrected chi connectivity index (χ3v) is 6.06. The van der Waals surface area contributed by atoms with Crippen molar-refractivity contribution >= 4 is 16.9 Å². The molecule has 154 valence electrons. The Balaban J connectivity index is 2.08. The molecule has 0 saturated carbocycles. The molecule has 1 unspecified atom stereocenters. The third kappa shape index (κ3) is 3.84. The van der Waals surface area contributed by atoms with Gasteiger partial charge in [-0.2, -0.15) is 0 Å². The molecule has 2 aromatic rings. The number of carbonyl (C=O) groups is 1. The third-order valence-electron chi connectivity index (χ3n) is 6.06. The van der Waals surface area contributed by atoms with Crippen molar-refractivity contribution in [1.29, 1.82) is 0 Å². The van der Waals surface area contributed by atoms with Crippen LogP contribution in [0.15, 0.2) is 12.1 Å². The summed E-state index contributed by atoms with van der Waals surface area (Å²) in [5.41, 5.74) is 6.29. The number of H-pyrrole nitrogens is 1. The normalized spacial score (nSPS) is 19.2. The Morgan fingerprint density at radius 1 is 1.29 bits per heavy atom. The monoisotopic (exact) mass is 385 g/mol. The van der Waals surface area contributed by atoms with Crippen molar-refractivity contribution in [3.63, 3.8) is 0 Å². The van der Waals surface area contributed by atoms with E-state index in [2.05, 4.69) is 44.8 Å². The SMILES string of the molecule is CCCC1(CC)OCCc2c1[nH]c1c(C(C)C)cc(CCC(=O)OCC)cc21. The summed E-state index contributed by atoms with van der Waals surface area (Å²) in [6, 6.07) is 4.55. The van der Waals surface area contributed by atoms with Crippen LogP contribution in [-0.4, -0.2) is 24.2 Å². The second-order valence-corrected chi connectivity index (χ2v) is 8.24. The van der Waals surface area contributed by atoms with Crippen LogP contribution in [0.5, 0.6) is 0 Å². The van der Waals surface area contributed by atoms with Crippen molar-refractivity contribution < 1.29 is 14.3 Å². The van der Waals surface area contributed by atoms with Gasteiger partial charge in [-0.05, 0) is 61.3 Å². The number of hydrogen-bond acceptors (Lipinski definition) is 3. The molecule has 0 fully saturated rings. The minimum Gasteiger partial charge on any atom is -0.466 e. The maximum Gasteiger partial charge on any atom is 0.306 e. The van der Waals surface area contributed by atoms with Gasteiger partial charge in [0.15, 0.2) is 0 Å². The fourth-order valence-corrected chi connectivity index (χ4v) is 4.64. The van der Waals surface area contributed by atoms with Crippen LogP contribution in [-0.2, 0) is 32.7 Å². The van der Waals surface area contributed by atoms with Gasteiger partial charge in [0.05, 0.1) is 18.9 Å². The fourth-order valence-electron chi connectivity index (χ4n) is 4.64. The zero-order valence-corrected chi connectivity index (χ0v) is 18.1. The summed E-state index contributed by atoms with van der Waals surface area (Å²) in [7, 11) is 0. The molecule has 1 aromatic heterocycles. The van der Waals surface area contributed by atoms with Crippen LogP contribution < -0.4 is 0 Å². The summed E-state index contributed by atoms with van der Waals surface area (Å²) >= 11 is 0. The largest absolute Gasteiger partial charge is 0.466 e. The van der Waals surface area contributed by atoms with Crippen molar-refractivity contribution in [2.45, 2.75) is 84.7 Å². The number of esters is 1. The smallest absolute Gasteiger partial charge is 0.306 e. The Labute approximate surface area is 169 Å². The Bertz CT molecular complexity index is 836. The number of aromatic amines is 1. The van der Waals surface area contributed by atoms with Crippen LogP contribution >= 0.6 is 0 Å². The van der Waals surface area contributed by atoms with E-state index in [1.165, 1.54) is 33.3 Å². The number of carbonyl (C=O) groups excluding carboxylic acids is 1. The molecule has 1 N–H and O–H groups in total. The molecule has 4 heteroatoms. The predicted molar refractivity (Wildman–Crippen MR) is 114 cm³/mol. The molecular formula is C24H35NO3. The lowest BCUT2D eigenvalue weighted by Gasteiger charge is -2.36. The van der Waals surface area contributed by atoms with E-state index in [4.69, 9.17) is 9.47 Å². The standard InChI is InChI=1S/C24H35NO3/c1-6-12-24(7-2)23-18(11-13-28-24)20-15-17(9-10-21(26)27-8-3)14-19(16(4)5)22(20)25-23/h14-16,25H,6-13H2,1-5H3. The van der Waals surface area contributed by atoms with Crippen LogP contribution in [0.2, 0.25) is 0 Å². The average molecular weight is 386 g/mol. The van der Waals surface area contributed by atoms with Crippen molar-refractivity contribution in [1.82, 2.24) is 4.98 Å². The Kier molecular flexibility index (Phi) is 6.49. The molecule has 0 aliphatic carbocycles. The van der Waals surface area contributed by atoms with E-state index in [1.807, 2.05) is 6.92 Å². The summed E-state index contributed by atoms with van der Waals surface area (Å²) in [5, 5.41) is 1.32. The lowest BCUT2D eigenvalue weighted by molar-refractivity contribution is -0.143. The van der Waals surface area contributed by atoms with Crippen LogP contribution in [0.3, 0.4) is 0 Å². The van der Waals surface area contributed by atoms with Gasteiger partial charge in [0.1, 0.15) is 5.60 Å². The molecular weight excluding hydrogens is 350 g/mol. The van der Waals surface area contributed by atoms with E-state index in [-0.39, 0.29) is 11.6 Å². The lowest BCUT2D eigenvalue weighted by Crippen LogP contribution is -2.35. The van der Waals surface area contributed by atoms with E-state index >= 15 is 0 Å². The Morgan fingerprint density at radius 3 is 2.71 bits per heavy atom. The second kappa shape index (κ2) is 8.69. The van der Waals surface area contributed by atoms with Crippen LogP contribution in [0.1, 0.15) is 88.6 Å². The van der Waals surface area contributed by atoms with Gasteiger partial charge in [-0.3, -0.25) is 4.79 Å². The minimum atomic E-state index is -0.194. The number of rotatable bonds is 8. The molecule has 0 amide bonds. The average Bonchev–Trinajstić information content (AvgIpc) is 3.06. The summed E-state index contributed by atoms with van der Waals surface area (Å²) in [6.45, 7) is 12.0. The molecule has 2 heterocycles. The Morgan fingerprint density at radius 2 is 2.07 bits per heavy atom. The molecule has 1 aromatic carbocycles. The molecule has 0 saturated heterocycles. The highest BCUT2D eigenvalue weighted by Gasteiger charge is 2.38. The number of benzene rings is 1. The first-order valence-corrected chi connectivity index (χ1v) is 10.9. The zero-order chi connectivity index (χ0) is 20.3. The maximum atomic E-state index is 11.8. The van der Waals surface area contributed by atoms with Crippen LogP contribution in [0, 0.1) is 0 Å². The predicted octanol–water partition coefficient (Wildman–Crippen LogP) is 5.77. The molecule has 4 nitrogen and oxygen atoms in total. The molecule has 28 heavy (non-hydrogen) atoms. The van der Waals surface area contributed by atoms with Gasteiger partial charge >= 0.3 is 5.97 Å². The molecule has 1 aliphatic rings. The highest BCUT2D eigenvalue weighted by atomic mass is 16.5. The van der Waals surface area contributed by atoms with E-state index < -0.39 is 0 Å². The fraction of sp³-hybridized carbons (Fsp3) is 0.625. The number of aryl methyl sites for hydroxylation is 1. The molecule has 0 spiro atoms. The number of aromatic nitrogens is 1. The van der Waals surface area contributed by atoms with Gasteiger partial charge in [0.2, 0.25) is 0 Å². The first-order chi connectivity index (χ1) is 13.5. The van der Waals surface area contributed by atoms with Crippen LogP contribution in [0.4, 0.5) is 0 Å². The van der Waals surface area contributed by atoms with Crippen molar-refractivity contribution in [3.05, 3.63) is 34.5 Å². The van der Waals surface area contributed by atoms with Crippen molar-refractivity contribution in [2.75, 3.05) is 13.2 Å². The van der Waals surface area contributed by atoms with E-state index in [1.54, 1.807) is 0 Å². The summed E-state index contributed by atoms with van der Waals surface area (Å²) < 4.78 is 11.5. The summed E-state index contributed by atoms with van der Waals surface area (Å²) in [5.74, 6) is 0.291. The van der Waals surface area contributed by atoms with Gasteiger partial charge in [0, 0.05) is 17.3 Å². The number of hydrogen-bond donors (Lipinski definition) is 1. The van der Waals surface area contributed by atoms with E-state index in [0.717, 1.165) is 38.7 Å². The van der Waals surface area contributed by atoms with Gasteiger partial charge in [0.25, 0.3) is 0 Å². The number of ether oxygens (including phenoxy) is 2. The van der Waals surface area contributed by atoms with Gasteiger partial charge in [-0.25, -0.2) is 0 Å². The molecule has 0 bridgehead atoms. The number of nitrogens with one attached hydrogen (secondary N) is 1. The molecule has 1 atom stereocenters. The topological polar surface area (TPSA) is 51.3 Å². The molecule has 0 radical (unpaired) electrons. The van der Waals surface area contributed by atoms with Gasteiger partial charge in [-0.15, -0.1) is 0 Å². The minimum absolute atomic E-state index is 0.119. The van der Waals surface area contributed by atoms with Crippen molar-refractivity contribution in [3.8, 4) is 0 Å². The molecule has 1 aliphatic heterocycles. The first-order valence-electron chi connectivity index (χ1n) is 10.9. The Hall–Kier alpha value is -1.81. The highest BCUT2D eigenvalue weighted by molar-refractivity contribution is 5.89. The summed E-state index contributed by atoms with van der Waals surface area (Å²) in [4.78, 5) is 15.6. The lowest BCUT2D eigenvalue weighted by atomic mass is 9.85. The van der Waals surface area contributed by atoms with Crippen molar-refractivity contribution in [2.24, 2.45) is 0 Å². The van der Waals surface area contributed by atoms with E-state index in [9.17, 15) is 4.79 Å². The quantitative estimate of drug-likeness (QED) is 0.587. The summed E-state index contributed by atoms with van der Waals surface area (Å²) in [6.07, 6.45) is 5.22. The second-order valence-electron chi connectivity index (χ2n) is 8.24. The maximum absolute atomic E-state index is 11.8. The molecule has 3 rings (SSSR count). The number of fused-ring (bicyclic) bond motifs is 3. The van der Waals surface area contributed by atoms with E-state index in [0.29, 0.717) is 18.9 Å². The van der Waals surface area contributed by atoms with Gasteiger partial charge < -0.3 is 14.5 Å². The zero-order valence-electron chi connectivity index (χ0n) is 18.1. The first kappa shape index (κ1) is 20.9. The van der Waals surface area contributed by atoms with Gasteiger partial charge in [-0.1, -0.05) is 40.2 Å². The van der Waals surface area contributed by atoms with Crippen LogP contribution in [0.25, 0.3) is 10.9 Å².